The van der Waals surface area contributed by atoms with Crippen molar-refractivity contribution in [3.8, 4) is 16.9 Å². The van der Waals surface area contributed by atoms with Crippen LogP contribution in [0.5, 0.6) is 5.75 Å². The average Bonchev–Trinajstić information content (AvgIpc) is 2.39. The second-order valence-corrected chi connectivity index (χ2v) is 5.23. The van der Waals surface area contributed by atoms with Crippen molar-refractivity contribution in [3.63, 3.8) is 0 Å². The zero-order valence-electron chi connectivity index (χ0n) is 12.0. The molecule has 0 saturated heterocycles. The number of benzene rings is 2. The molecule has 0 heterocycles. The van der Waals surface area contributed by atoms with Gasteiger partial charge in [-0.3, -0.25) is 0 Å². The van der Waals surface area contributed by atoms with Crippen molar-refractivity contribution in [2.24, 2.45) is 0 Å². The summed E-state index contributed by atoms with van der Waals surface area (Å²) in [7, 11) is 0. The fourth-order valence-electron chi connectivity index (χ4n) is 2.54. The number of hydrogen-bond acceptors (Lipinski definition) is 1. The van der Waals surface area contributed by atoms with Crippen LogP contribution in [0.1, 0.15) is 36.5 Å². The van der Waals surface area contributed by atoms with Gasteiger partial charge in [0.1, 0.15) is 5.75 Å². The van der Waals surface area contributed by atoms with Crippen molar-refractivity contribution in [2.75, 3.05) is 0 Å². The van der Waals surface area contributed by atoms with E-state index in [1.54, 1.807) is 0 Å². The molecule has 2 aromatic carbocycles. The molecule has 0 aliphatic heterocycles. The highest BCUT2D eigenvalue weighted by atomic mass is 16.3. The highest BCUT2D eigenvalue weighted by molar-refractivity contribution is 5.75. The summed E-state index contributed by atoms with van der Waals surface area (Å²) >= 11 is 0. The standard InChI is InChI=1S/C18H22O/c1-4-5-9-16-14(3)10-11-17(19)18(16)15-8-6-7-13(2)12-15/h6-8,10-12,19H,4-5,9H2,1-3H3. The van der Waals surface area contributed by atoms with E-state index in [1.807, 2.05) is 12.1 Å². The fraction of sp³-hybridized carbons (Fsp3) is 0.333. The lowest BCUT2D eigenvalue weighted by atomic mass is 9.91. The molecule has 19 heavy (non-hydrogen) atoms. The zero-order valence-corrected chi connectivity index (χ0v) is 12.0. The number of phenols is 1. The summed E-state index contributed by atoms with van der Waals surface area (Å²) < 4.78 is 0. The number of aromatic hydroxyl groups is 1. The van der Waals surface area contributed by atoms with Crippen LogP contribution in [0.2, 0.25) is 0 Å². The Bertz CT molecular complexity index is 570. The molecule has 0 saturated carbocycles. The van der Waals surface area contributed by atoms with E-state index in [1.165, 1.54) is 23.1 Å². The molecule has 0 spiro atoms. The molecule has 0 bridgehead atoms. The molecule has 100 valence electrons. The number of aryl methyl sites for hydroxylation is 2. The maximum Gasteiger partial charge on any atom is 0.123 e. The van der Waals surface area contributed by atoms with Gasteiger partial charge in [-0.05, 0) is 49.4 Å². The quantitative estimate of drug-likeness (QED) is 0.812. The third-order valence-electron chi connectivity index (χ3n) is 3.61. The smallest absolute Gasteiger partial charge is 0.123 e. The van der Waals surface area contributed by atoms with Crippen LogP contribution < -0.4 is 0 Å². The van der Waals surface area contributed by atoms with E-state index in [4.69, 9.17) is 0 Å². The lowest BCUT2D eigenvalue weighted by molar-refractivity contribution is 0.476. The highest BCUT2D eigenvalue weighted by Gasteiger charge is 2.12. The van der Waals surface area contributed by atoms with E-state index in [0.717, 1.165) is 24.0 Å². The number of hydrogen-bond donors (Lipinski definition) is 1. The molecule has 0 amide bonds. The topological polar surface area (TPSA) is 20.2 Å². The summed E-state index contributed by atoms with van der Waals surface area (Å²) in [6, 6.07) is 12.2. The normalized spacial score (nSPS) is 10.7. The number of rotatable bonds is 4. The van der Waals surface area contributed by atoms with Crippen molar-refractivity contribution in [1.29, 1.82) is 0 Å². The van der Waals surface area contributed by atoms with Crippen LogP contribution >= 0.6 is 0 Å². The van der Waals surface area contributed by atoms with Crippen LogP contribution in [0.4, 0.5) is 0 Å². The van der Waals surface area contributed by atoms with Gasteiger partial charge in [0.25, 0.3) is 0 Å². The summed E-state index contributed by atoms with van der Waals surface area (Å²) in [6.45, 7) is 6.41. The summed E-state index contributed by atoms with van der Waals surface area (Å²) in [4.78, 5) is 0. The van der Waals surface area contributed by atoms with Crippen LogP contribution in [-0.4, -0.2) is 5.11 Å². The van der Waals surface area contributed by atoms with Gasteiger partial charge in [-0.1, -0.05) is 49.2 Å². The predicted octanol–water partition coefficient (Wildman–Crippen LogP) is 5.02. The minimum atomic E-state index is 0.391. The number of phenolic OH excluding ortho intramolecular Hbond substituents is 1. The van der Waals surface area contributed by atoms with Gasteiger partial charge in [0.05, 0.1) is 0 Å². The Morgan fingerprint density at radius 1 is 1.05 bits per heavy atom. The molecule has 0 radical (unpaired) electrons. The summed E-state index contributed by atoms with van der Waals surface area (Å²) in [5, 5.41) is 10.3. The minimum absolute atomic E-state index is 0.391. The monoisotopic (exact) mass is 254 g/mol. The third kappa shape index (κ3) is 2.98. The molecule has 0 aromatic heterocycles. The first-order chi connectivity index (χ1) is 9.13. The number of unbranched alkanes of at least 4 members (excludes halogenated alkanes) is 1. The molecular formula is C18H22O. The maximum absolute atomic E-state index is 10.3. The summed E-state index contributed by atoms with van der Waals surface area (Å²) in [6.07, 6.45) is 3.35. The fourth-order valence-corrected chi connectivity index (χ4v) is 2.54. The van der Waals surface area contributed by atoms with Crippen molar-refractivity contribution < 1.29 is 5.11 Å². The zero-order chi connectivity index (χ0) is 13.8. The lowest BCUT2D eigenvalue weighted by Gasteiger charge is -2.15. The first-order valence-corrected chi connectivity index (χ1v) is 7.02. The Labute approximate surface area is 115 Å². The van der Waals surface area contributed by atoms with E-state index >= 15 is 0 Å². The van der Waals surface area contributed by atoms with Crippen LogP contribution in [0.25, 0.3) is 11.1 Å². The van der Waals surface area contributed by atoms with Crippen molar-refractivity contribution in [2.45, 2.75) is 40.0 Å². The van der Waals surface area contributed by atoms with E-state index in [-0.39, 0.29) is 0 Å². The Kier molecular flexibility index (Phi) is 4.26. The van der Waals surface area contributed by atoms with Crippen LogP contribution in [0.3, 0.4) is 0 Å². The molecule has 1 N–H and O–H groups in total. The summed E-state index contributed by atoms with van der Waals surface area (Å²) in [5.74, 6) is 0.391. The second kappa shape index (κ2) is 5.92. The average molecular weight is 254 g/mol. The van der Waals surface area contributed by atoms with Gasteiger partial charge in [0.15, 0.2) is 0 Å². The lowest BCUT2D eigenvalue weighted by Crippen LogP contribution is -1.95. The second-order valence-electron chi connectivity index (χ2n) is 5.23. The summed E-state index contributed by atoms with van der Waals surface area (Å²) in [5.41, 5.74) is 5.90. The molecule has 0 aliphatic rings. The SMILES string of the molecule is CCCCc1c(C)ccc(O)c1-c1cccc(C)c1. The molecule has 0 atom stereocenters. The van der Waals surface area contributed by atoms with Crippen molar-refractivity contribution in [1.82, 2.24) is 0 Å². The molecular weight excluding hydrogens is 232 g/mol. The first kappa shape index (κ1) is 13.7. The van der Waals surface area contributed by atoms with Gasteiger partial charge >= 0.3 is 0 Å². The largest absolute Gasteiger partial charge is 0.507 e. The molecule has 0 fully saturated rings. The maximum atomic E-state index is 10.3. The van der Waals surface area contributed by atoms with Gasteiger partial charge in [0, 0.05) is 5.56 Å². The molecule has 1 nitrogen and oxygen atoms in total. The van der Waals surface area contributed by atoms with Gasteiger partial charge in [-0.15, -0.1) is 0 Å². The van der Waals surface area contributed by atoms with E-state index < -0.39 is 0 Å². The van der Waals surface area contributed by atoms with Gasteiger partial charge in [-0.25, -0.2) is 0 Å². The molecule has 2 rings (SSSR count). The van der Waals surface area contributed by atoms with E-state index in [2.05, 4.69) is 45.0 Å². The van der Waals surface area contributed by atoms with Gasteiger partial charge in [0.2, 0.25) is 0 Å². The highest BCUT2D eigenvalue weighted by Crippen LogP contribution is 2.35. The van der Waals surface area contributed by atoms with Crippen molar-refractivity contribution >= 4 is 0 Å². The van der Waals surface area contributed by atoms with E-state index in [9.17, 15) is 5.11 Å². The Morgan fingerprint density at radius 3 is 2.53 bits per heavy atom. The predicted molar refractivity (Wildman–Crippen MR) is 81.6 cm³/mol. The first-order valence-electron chi connectivity index (χ1n) is 7.02. The Morgan fingerprint density at radius 2 is 1.84 bits per heavy atom. The Balaban J connectivity index is 2.57. The minimum Gasteiger partial charge on any atom is -0.507 e. The van der Waals surface area contributed by atoms with Crippen molar-refractivity contribution in [3.05, 3.63) is 53.1 Å². The van der Waals surface area contributed by atoms with Gasteiger partial charge in [-0.2, -0.15) is 0 Å². The third-order valence-corrected chi connectivity index (χ3v) is 3.61. The van der Waals surface area contributed by atoms with Crippen LogP contribution in [-0.2, 0) is 6.42 Å². The van der Waals surface area contributed by atoms with Crippen LogP contribution in [0.15, 0.2) is 36.4 Å². The molecule has 0 unspecified atom stereocenters. The molecule has 2 aromatic rings. The Hall–Kier alpha value is -1.76. The van der Waals surface area contributed by atoms with E-state index in [0.29, 0.717) is 5.75 Å². The molecule has 1 heteroatoms. The van der Waals surface area contributed by atoms with Crippen LogP contribution in [0, 0.1) is 13.8 Å². The molecule has 0 aliphatic carbocycles. The van der Waals surface area contributed by atoms with Gasteiger partial charge < -0.3 is 5.11 Å².